The fraction of sp³-hybridized carbons (Fsp3) is 0.333. The first-order chi connectivity index (χ1) is 17.0. The second-order valence-corrected chi connectivity index (χ2v) is 9.21. The number of hydrogen-bond donors (Lipinski definition) is 2. The maximum Gasteiger partial charge on any atom is 0.405 e. The molecule has 2 rings (SSSR count). The second kappa shape index (κ2) is 12.4. The molecule has 0 aliphatic heterocycles. The summed E-state index contributed by atoms with van der Waals surface area (Å²) in [6, 6.07) is 5.12. The van der Waals surface area contributed by atoms with Crippen molar-refractivity contribution in [2.24, 2.45) is 0 Å². The molecular weight excluding hydrogens is 569 g/mol. The fourth-order valence-corrected chi connectivity index (χ4v) is 3.93. The van der Waals surface area contributed by atoms with Crippen LogP contribution in [0.25, 0.3) is 6.08 Å². The number of amides is 2. The quantitative estimate of drug-likeness (QED) is 0.247. The van der Waals surface area contributed by atoms with Gasteiger partial charge in [-0.15, -0.1) is 0 Å². The third-order valence-corrected chi connectivity index (χ3v) is 6.38. The zero-order valence-corrected chi connectivity index (χ0v) is 21.6. The van der Waals surface area contributed by atoms with E-state index in [2.05, 4.69) is 5.32 Å². The highest BCUT2D eigenvalue weighted by molar-refractivity contribution is 6.48. The number of alkyl halides is 6. The highest BCUT2D eigenvalue weighted by atomic mass is 35.5. The Bertz CT molecular complexity index is 1160. The molecular formula is C24H21Cl3F6N2O2. The van der Waals surface area contributed by atoms with E-state index in [1.54, 1.807) is 5.32 Å². The number of nitrogens with one attached hydrogen (secondary N) is 2. The molecule has 2 aromatic rings. The van der Waals surface area contributed by atoms with Gasteiger partial charge in [-0.2, -0.15) is 26.3 Å². The van der Waals surface area contributed by atoms with E-state index in [1.165, 1.54) is 38.1 Å². The van der Waals surface area contributed by atoms with Gasteiger partial charge < -0.3 is 10.6 Å². The first kappa shape index (κ1) is 30.8. The van der Waals surface area contributed by atoms with Gasteiger partial charge in [0.25, 0.3) is 5.91 Å². The molecule has 202 valence electrons. The predicted octanol–water partition coefficient (Wildman–Crippen LogP) is 7.50. The van der Waals surface area contributed by atoms with Crippen molar-refractivity contribution in [3.8, 4) is 0 Å². The highest BCUT2D eigenvalue weighted by Crippen LogP contribution is 2.41. The van der Waals surface area contributed by atoms with E-state index < -0.39 is 42.7 Å². The van der Waals surface area contributed by atoms with Crippen LogP contribution in [0.4, 0.5) is 26.3 Å². The number of allylic oxidation sites excluding steroid dienone is 1. The van der Waals surface area contributed by atoms with Gasteiger partial charge in [-0.05, 0) is 48.2 Å². The molecule has 0 saturated heterocycles. The number of halogens is 9. The molecule has 0 spiro atoms. The van der Waals surface area contributed by atoms with Crippen molar-refractivity contribution in [2.45, 2.75) is 44.6 Å². The topological polar surface area (TPSA) is 58.2 Å². The van der Waals surface area contributed by atoms with Crippen LogP contribution >= 0.6 is 34.8 Å². The van der Waals surface area contributed by atoms with Crippen molar-refractivity contribution in [1.29, 1.82) is 0 Å². The molecule has 0 aliphatic carbocycles. The largest absolute Gasteiger partial charge is 0.405 e. The van der Waals surface area contributed by atoms with Gasteiger partial charge in [0, 0.05) is 5.56 Å². The van der Waals surface area contributed by atoms with E-state index in [9.17, 15) is 35.9 Å². The molecule has 2 aromatic carbocycles. The van der Waals surface area contributed by atoms with Crippen molar-refractivity contribution in [1.82, 2.24) is 10.6 Å². The van der Waals surface area contributed by atoms with Crippen LogP contribution in [0.3, 0.4) is 0 Å². The standard InChI is InChI=1S/C24H21Cl3F6N2O2/c1-3-19(22(37)34-11-23(28,29)30)35-21(36)15-6-4-13(8-12(15)2)5-7-16(24(31,32)33)14-9-17(25)20(27)18(26)10-14/h4-10,16,19H,3,11H2,1-2H3,(H,34,37)(H,35,36)/b7-5+. The maximum atomic E-state index is 13.7. The summed E-state index contributed by atoms with van der Waals surface area (Å²) in [6.45, 7) is 1.50. The van der Waals surface area contributed by atoms with Crippen LogP contribution in [0.1, 0.15) is 46.3 Å². The zero-order valence-electron chi connectivity index (χ0n) is 19.3. The van der Waals surface area contributed by atoms with Crippen molar-refractivity contribution in [3.05, 3.63) is 73.7 Å². The Morgan fingerprint density at radius 1 is 1.00 bits per heavy atom. The molecule has 13 heteroatoms. The van der Waals surface area contributed by atoms with Gasteiger partial charge in [0.1, 0.15) is 12.6 Å². The Balaban J connectivity index is 2.22. The summed E-state index contributed by atoms with van der Waals surface area (Å²) < 4.78 is 78.3. The van der Waals surface area contributed by atoms with Gasteiger partial charge in [-0.1, -0.05) is 66.0 Å². The van der Waals surface area contributed by atoms with Crippen LogP contribution < -0.4 is 10.6 Å². The molecule has 2 unspecified atom stereocenters. The first-order valence-electron chi connectivity index (χ1n) is 10.7. The summed E-state index contributed by atoms with van der Waals surface area (Å²) in [5, 5.41) is 3.76. The molecule has 2 atom stereocenters. The molecule has 2 N–H and O–H groups in total. The highest BCUT2D eigenvalue weighted by Gasteiger charge is 2.39. The Morgan fingerprint density at radius 3 is 2.08 bits per heavy atom. The Morgan fingerprint density at radius 2 is 1.59 bits per heavy atom. The van der Waals surface area contributed by atoms with Crippen LogP contribution in [0, 0.1) is 6.92 Å². The van der Waals surface area contributed by atoms with Crippen LogP contribution in [-0.4, -0.2) is 36.8 Å². The number of carbonyl (C=O) groups is 2. The summed E-state index contributed by atoms with van der Waals surface area (Å²) >= 11 is 17.6. The number of aryl methyl sites for hydroxylation is 1. The van der Waals surface area contributed by atoms with Gasteiger partial charge in [0.05, 0.1) is 21.0 Å². The number of carbonyl (C=O) groups excluding carboxylic acids is 2. The molecule has 4 nitrogen and oxygen atoms in total. The van der Waals surface area contributed by atoms with Crippen molar-refractivity contribution in [3.63, 3.8) is 0 Å². The monoisotopic (exact) mass is 588 g/mol. The third-order valence-electron chi connectivity index (χ3n) is 5.19. The van der Waals surface area contributed by atoms with Crippen LogP contribution in [0.2, 0.25) is 15.1 Å². The number of benzene rings is 2. The van der Waals surface area contributed by atoms with Crippen LogP contribution in [0.15, 0.2) is 36.4 Å². The Hall–Kier alpha value is -2.43. The minimum atomic E-state index is -4.67. The molecule has 0 aromatic heterocycles. The van der Waals surface area contributed by atoms with E-state index in [-0.39, 0.29) is 32.6 Å². The molecule has 37 heavy (non-hydrogen) atoms. The minimum absolute atomic E-state index is 0.0346. The SMILES string of the molecule is CCC(NC(=O)c1ccc(/C=C/C(c2cc(Cl)c(Cl)c(Cl)c2)C(F)(F)F)cc1C)C(=O)NCC(F)(F)F. The van der Waals surface area contributed by atoms with E-state index in [0.29, 0.717) is 11.1 Å². The van der Waals surface area contributed by atoms with Crippen molar-refractivity contribution < 1.29 is 35.9 Å². The molecule has 0 heterocycles. The predicted molar refractivity (Wildman–Crippen MR) is 131 cm³/mol. The molecule has 2 amide bonds. The first-order valence-corrected chi connectivity index (χ1v) is 11.8. The molecule has 0 radical (unpaired) electrons. The number of hydrogen-bond acceptors (Lipinski definition) is 2. The average Bonchev–Trinajstić information content (AvgIpc) is 2.78. The van der Waals surface area contributed by atoms with E-state index in [4.69, 9.17) is 34.8 Å². The smallest absolute Gasteiger partial charge is 0.345 e. The summed E-state index contributed by atoms with van der Waals surface area (Å²) in [7, 11) is 0. The van der Waals surface area contributed by atoms with Gasteiger partial charge >= 0.3 is 12.4 Å². The molecule has 0 aliphatic rings. The van der Waals surface area contributed by atoms with Crippen molar-refractivity contribution in [2.75, 3.05) is 6.54 Å². The van der Waals surface area contributed by atoms with E-state index in [0.717, 1.165) is 18.2 Å². The molecule has 0 fully saturated rings. The Labute approximate surface area is 224 Å². The Kier molecular flexibility index (Phi) is 10.3. The van der Waals surface area contributed by atoms with Crippen LogP contribution in [0.5, 0.6) is 0 Å². The van der Waals surface area contributed by atoms with Gasteiger partial charge in [0.15, 0.2) is 0 Å². The van der Waals surface area contributed by atoms with Gasteiger partial charge in [0.2, 0.25) is 5.91 Å². The second-order valence-electron chi connectivity index (χ2n) is 8.02. The number of rotatable bonds is 8. The maximum absolute atomic E-state index is 13.7. The lowest BCUT2D eigenvalue weighted by Gasteiger charge is -2.19. The summed E-state index contributed by atoms with van der Waals surface area (Å²) in [6.07, 6.45) is -7.12. The van der Waals surface area contributed by atoms with E-state index in [1.807, 2.05) is 0 Å². The lowest BCUT2D eigenvalue weighted by molar-refractivity contribution is -0.139. The summed E-state index contributed by atoms with van der Waals surface area (Å²) in [5.41, 5.74) is 0.587. The normalized spacial score (nSPS) is 13.9. The summed E-state index contributed by atoms with van der Waals surface area (Å²) in [4.78, 5) is 24.6. The molecule has 0 bridgehead atoms. The summed E-state index contributed by atoms with van der Waals surface area (Å²) in [5.74, 6) is -3.77. The van der Waals surface area contributed by atoms with Gasteiger partial charge in [-0.25, -0.2) is 0 Å². The van der Waals surface area contributed by atoms with E-state index >= 15 is 0 Å². The molecule has 0 saturated carbocycles. The fourth-order valence-electron chi connectivity index (χ4n) is 3.32. The van der Waals surface area contributed by atoms with Gasteiger partial charge in [-0.3, -0.25) is 9.59 Å². The minimum Gasteiger partial charge on any atom is -0.345 e. The average molecular weight is 590 g/mol. The lowest BCUT2D eigenvalue weighted by atomic mass is 9.96. The lowest BCUT2D eigenvalue weighted by Crippen LogP contribution is -2.48. The zero-order chi connectivity index (χ0) is 28.1. The third kappa shape index (κ3) is 8.83. The van der Waals surface area contributed by atoms with Crippen LogP contribution in [-0.2, 0) is 4.79 Å². The van der Waals surface area contributed by atoms with Crippen molar-refractivity contribution >= 4 is 52.7 Å².